The number of fused-ring (bicyclic) bond motifs is 1. The highest BCUT2D eigenvalue weighted by atomic mass is 16.2. The lowest BCUT2D eigenvalue weighted by molar-refractivity contribution is 0.0671. The van der Waals surface area contributed by atoms with Crippen LogP contribution in [0, 0.1) is 5.92 Å². The molecular weight excluding hydrogens is 250 g/mol. The van der Waals surface area contributed by atoms with E-state index in [4.69, 9.17) is 0 Å². The molecule has 0 spiro atoms. The van der Waals surface area contributed by atoms with Crippen molar-refractivity contribution in [1.82, 2.24) is 14.9 Å². The van der Waals surface area contributed by atoms with Crippen LogP contribution in [0.1, 0.15) is 36.5 Å². The normalized spacial score (nSPS) is 19.2. The van der Waals surface area contributed by atoms with E-state index in [1.807, 2.05) is 23.1 Å². The summed E-state index contributed by atoms with van der Waals surface area (Å²) in [5.74, 6) is 0.767. The summed E-state index contributed by atoms with van der Waals surface area (Å²) in [6.07, 6.45) is 6.82. The molecule has 0 saturated carbocycles. The second kappa shape index (κ2) is 5.57. The molecule has 104 valence electrons. The van der Waals surface area contributed by atoms with Gasteiger partial charge in [0.2, 0.25) is 0 Å². The molecule has 1 aromatic carbocycles. The summed E-state index contributed by atoms with van der Waals surface area (Å²) in [5, 5.41) is 0. The molecule has 4 heteroatoms. The molecule has 3 rings (SSSR count). The van der Waals surface area contributed by atoms with Crippen LogP contribution < -0.4 is 0 Å². The molecule has 0 bridgehead atoms. The molecule has 0 aliphatic carbocycles. The first-order chi connectivity index (χ1) is 9.78. The molecule has 2 heterocycles. The minimum absolute atomic E-state index is 0.121. The number of hydrogen-bond donors (Lipinski definition) is 0. The average Bonchev–Trinajstić information content (AvgIpc) is 2.53. The van der Waals surface area contributed by atoms with Gasteiger partial charge in [-0.05, 0) is 37.0 Å². The lowest BCUT2D eigenvalue weighted by atomic mass is 9.95. The second-order valence-electron chi connectivity index (χ2n) is 5.43. The van der Waals surface area contributed by atoms with Crippen molar-refractivity contribution in [2.45, 2.75) is 26.2 Å². The van der Waals surface area contributed by atoms with Gasteiger partial charge in [-0.2, -0.15) is 0 Å². The highest BCUT2D eigenvalue weighted by Crippen LogP contribution is 2.21. The SMILES string of the molecule is CCC1CCCN(C(=O)c2ccc3nccnc3c2)C1. The zero-order valence-electron chi connectivity index (χ0n) is 11.7. The zero-order chi connectivity index (χ0) is 13.9. The van der Waals surface area contributed by atoms with Crippen LogP contribution in [0.4, 0.5) is 0 Å². The maximum atomic E-state index is 12.6. The van der Waals surface area contributed by atoms with E-state index < -0.39 is 0 Å². The Balaban J connectivity index is 1.84. The van der Waals surface area contributed by atoms with Crippen LogP contribution in [0.25, 0.3) is 11.0 Å². The van der Waals surface area contributed by atoms with Gasteiger partial charge in [-0.25, -0.2) is 0 Å². The van der Waals surface area contributed by atoms with Gasteiger partial charge in [0.15, 0.2) is 0 Å². The number of piperidine rings is 1. The fourth-order valence-electron chi connectivity index (χ4n) is 2.86. The van der Waals surface area contributed by atoms with Crippen LogP contribution in [0.3, 0.4) is 0 Å². The predicted molar refractivity (Wildman–Crippen MR) is 78.5 cm³/mol. The van der Waals surface area contributed by atoms with Gasteiger partial charge in [-0.3, -0.25) is 14.8 Å². The largest absolute Gasteiger partial charge is 0.338 e. The fraction of sp³-hybridized carbons (Fsp3) is 0.438. The first kappa shape index (κ1) is 13.0. The van der Waals surface area contributed by atoms with Gasteiger partial charge in [-0.15, -0.1) is 0 Å². The summed E-state index contributed by atoms with van der Waals surface area (Å²) in [6, 6.07) is 5.58. The van der Waals surface area contributed by atoms with Crippen molar-refractivity contribution >= 4 is 16.9 Å². The van der Waals surface area contributed by atoms with Gasteiger partial charge in [0.05, 0.1) is 11.0 Å². The fourth-order valence-corrected chi connectivity index (χ4v) is 2.86. The van der Waals surface area contributed by atoms with E-state index in [0.717, 1.165) is 42.5 Å². The molecule has 1 fully saturated rings. The first-order valence-corrected chi connectivity index (χ1v) is 7.28. The van der Waals surface area contributed by atoms with Crippen LogP contribution in [0.5, 0.6) is 0 Å². The van der Waals surface area contributed by atoms with E-state index >= 15 is 0 Å². The molecule has 1 unspecified atom stereocenters. The minimum atomic E-state index is 0.121. The lowest BCUT2D eigenvalue weighted by Gasteiger charge is -2.32. The molecule has 1 atom stereocenters. The van der Waals surface area contributed by atoms with E-state index in [1.54, 1.807) is 12.4 Å². The monoisotopic (exact) mass is 269 g/mol. The summed E-state index contributed by atoms with van der Waals surface area (Å²) in [4.78, 5) is 23.1. The Morgan fingerprint density at radius 2 is 2.10 bits per heavy atom. The van der Waals surface area contributed by atoms with Crippen LogP contribution >= 0.6 is 0 Å². The van der Waals surface area contributed by atoms with Crippen molar-refractivity contribution < 1.29 is 4.79 Å². The van der Waals surface area contributed by atoms with Gasteiger partial charge < -0.3 is 4.90 Å². The molecule has 2 aromatic rings. The van der Waals surface area contributed by atoms with E-state index in [1.165, 1.54) is 6.42 Å². The standard InChI is InChI=1S/C16H19N3O/c1-2-12-4-3-9-19(11-12)16(20)13-5-6-14-15(10-13)18-8-7-17-14/h5-8,10,12H,2-4,9,11H2,1H3. The Labute approximate surface area is 118 Å². The Bertz CT molecular complexity index is 626. The Kier molecular flexibility index (Phi) is 3.63. The maximum absolute atomic E-state index is 12.6. The van der Waals surface area contributed by atoms with Gasteiger partial charge in [0.25, 0.3) is 5.91 Å². The number of hydrogen-bond acceptors (Lipinski definition) is 3. The van der Waals surface area contributed by atoms with E-state index in [9.17, 15) is 4.79 Å². The van der Waals surface area contributed by atoms with Gasteiger partial charge in [-0.1, -0.05) is 13.3 Å². The van der Waals surface area contributed by atoms with Crippen LogP contribution in [-0.2, 0) is 0 Å². The van der Waals surface area contributed by atoms with Gasteiger partial charge >= 0.3 is 0 Å². The molecule has 1 aromatic heterocycles. The van der Waals surface area contributed by atoms with Crippen molar-refractivity contribution in [3.63, 3.8) is 0 Å². The molecule has 1 amide bonds. The first-order valence-electron chi connectivity index (χ1n) is 7.28. The van der Waals surface area contributed by atoms with Crippen molar-refractivity contribution in [2.75, 3.05) is 13.1 Å². The third-order valence-corrected chi connectivity index (χ3v) is 4.10. The molecule has 4 nitrogen and oxygen atoms in total. The average molecular weight is 269 g/mol. The Morgan fingerprint density at radius 3 is 2.90 bits per heavy atom. The lowest BCUT2D eigenvalue weighted by Crippen LogP contribution is -2.39. The summed E-state index contributed by atoms with van der Waals surface area (Å²) in [5.41, 5.74) is 2.33. The number of amides is 1. The maximum Gasteiger partial charge on any atom is 0.253 e. The Morgan fingerprint density at radius 1 is 1.30 bits per heavy atom. The summed E-state index contributed by atoms with van der Waals surface area (Å²) in [7, 11) is 0. The Hall–Kier alpha value is -1.97. The van der Waals surface area contributed by atoms with Crippen molar-refractivity contribution in [2.24, 2.45) is 5.92 Å². The number of carbonyl (C=O) groups is 1. The second-order valence-corrected chi connectivity index (χ2v) is 5.43. The number of benzene rings is 1. The molecule has 1 aliphatic heterocycles. The molecule has 1 aliphatic rings. The van der Waals surface area contributed by atoms with E-state index in [2.05, 4.69) is 16.9 Å². The number of rotatable bonds is 2. The number of nitrogens with zero attached hydrogens (tertiary/aromatic N) is 3. The topological polar surface area (TPSA) is 46.1 Å². The van der Waals surface area contributed by atoms with Crippen LogP contribution in [0.2, 0.25) is 0 Å². The molecular formula is C16H19N3O. The summed E-state index contributed by atoms with van der Waals surface area (Å²) >= 11 is 0. The van der Waals surface area contributed by atoms with Gasteiger partial charge in [0, 0.05) is 31.0 Å². The quantitative estimate of drug-likeness (QED) is 0.842. The smallest absolute Gasteiger partial charge is 0.253 e. The third kappa shape index (κ3) is 2.50. The van der Waals surface area contributed by atoms with Crippen molar-refractivity contribution in [3.05, 3.63) is 36.2 Å². The number of likely N-dealkylation sites (tertiary alicyclic amines) is 1. The van der Waals surface area contributed by atoms with Crippen molar-refractivity contribution in [1.29, 1.82) is 0 Å². The predicted octanol–water partition coefficient (Wildman–Crippen LogP) is 2.89. The van der Waals surface area contributed by atoms with Gasteiger partial charge in [0.1, 0.15) is 0 Å². The number of aromatic nitrogens is 2. The highest BCUT2D eigenvalue weighted by Gasteiger charge is 2.23. The molecule has 1 saturated heterocycles. The van der Waals surface area contributed by atoms with E-state index in [-0.39, 0.29) is 5.91 Å². The molecule has 0 N–H and O–H groups in total. The summed E-state index contributed by atoms with van der Waals surface area (Å²) < 4.78 is 0. The van der Waals surface area contributed by atoms with E-state index in [0.29, 0.717) is 5.92 Å². The molecule has 20 heavy (non-hydrogen) atoms. The highest BCUT2D eigenvalue weighted by molar-refractivity contribution is 5.97. The molecule has 0 radical (unpaired) electrons. The minimum Gasteiger partial charge on any atom is -0.338 e. The zero-order valence-corrected chi connectivity index (χ0v) is 11.7. The van der Waals surface area contributed by atoms with Crippen LogP contribution in [0.15, 0.2) is 30.6 Å². The summed E-state index contributed by atoms with van der Waals surface area (Å²) in [6.45, 7) is 3.95. The number of carbonyl (C=O) groups excluding carboxylic acids is 1. The third-order valence-electron chi connectivity index (χ3n) is 4.10. The van der Waals surface area contributed by atoms with Crippen molar-refractivity contribution in [3.8, 4) is 0 Å². The van der Waals surface area contributed by atoms with Crippen LogP contribution in [-0.4, -0.2) is 33.9 Å².